The van der Waals surface area contributed by atoms with E-state index in [4.69, 9.17) is 21.1 Å². The van der Waals surface area contributed by atoms with Crippen LogP contribution in [0.15, 0.2) is 36.4 Å². The van der Waals surface area contributed by atoms with Crippen LogP contribution in [0.4, 0.5) is 5.69 Å². The summed E-state index contributed by atoms with van der Waals surface area (Å²) in [5.41, 5.74) is 2.46. The number of halogens is 1. The summed E-state index contributed by atoms with van der Waals surface area (Å²) in [4.78, 5) is 16.7. The van der Waals surface area contributed by atoms with Crippen molar-refractivity contribution in [3.05, 3.63) is 52.5 Å². The number of fused-ring (bicyclic) bond motifs is 1. The monoisotopic (exact) mass is 464 g/mol. The van der Waals surface area contributed by atoms with Crippen LogP contribution in [0.2, 0.25) is 5.02 Å². The molecule has 0 bridgehead atoms. The summed E-state index contributed by atoms with van der Waals surface area (Å²) >= 11 is 6.28. The molecule has 0 saturated carbocycles. The van der Waals surface area contributed by atoms with E-state index < -0.39 is 15.9 Å². The number of methoxy groups -OCH3 is 2. The van der Waals surface area contributed by atoms with Crippen LogP contribution in [0, 0.1) is 6.92 Å². The standard InChI is InChI=1S/C22H25ClN2O5S/c1-14-4-6-16(9-17(14)23)25-19-13-31(27,28)12-18(19)24(11-22(25)26)10-15-5-7-20(29-2)21(8-15)30-3/h4-9,18-19H,10-13H2,1-3H3/t18-,19+/m0/s1. The average molecular weight is 465 g/mol. The number of anilines is 1. The number of ether oxygens (including phenoxy) is 2. The van der Waals surface area contributed by atoms with E-state index in [9.17, 15) is 13.2 Å². The number of rotatable bonds is 5. The highest BCUT2D eigenvalue weighted by Gasteiger charge is 2.49. The number of carbonyl (C=O) groups is 1. The van der Waals surface area contributed by atoms with Crippen LogP contribution in [0.25, 0.3) is 0 Å². The third-order valence-electron chi connectivity index (χ3n) is 5.97. The first-order chi connectivity index (χ1) is 14.7. The maximum absolute atomic E-state index is 13.2. The topological polar surface area (TPSA) is 76.2 Å². The number of hydrogen-bond donors (Lipinski definition) is 0. The number of sulfone groups is 1. The van der Waals surface area contributed by atoms with E-state index in [1.165, 1.54) is 0 Å². The van der Waals surface area contributed by atoms with Gasteiger partial charge in [-0.05, 0) is 42.3 Å². The molecular weight excluding hydrogens is 440 g/mol. The Morgan fingerprint density at radius 3 is 2.42 bits per heavy atom. The van der Waals surface area contributed by atoms with Gasteiger partial charge in [0.2, 0.25) is 5.91 Å². The van der Waals surface area contributed by atoms with Gasteiger partial charge in [0.25, 0.3) is 0 Å². The molecule has 4 rings (SSSR count). The molecule has 0 spiro atoms. The molecule has 0 radical (unpaired) electrons. The van der Waals surface area contributed by atoms with Gasteiger partial charge in [0.05, 0.1) is 38.3 Å². The maximum Gasteiger partial charge on any atom is 0.241 e. The van der Waals surface area contributed by atoms with Crippen LogP contribution in [-0.4, -0.2) is 63.6 Å². The summed E-state index contributed by atoms with van der Waals surface area (Å²) < 4.78 is 35.8. The second-order valence-corrected chi connectivity index (χ2v) is 10.6. The Morgan fingerprint density at radius 2 is 1.74 bits per heavy atom. The molecule has 7 nitrogen and oxygen atoms in total. The smallest absolute Gasteiger partial charge is 0.241 e. The van der Waals surface area contributed by atoms with Crippen molar-refractivity contribution in [3.63, 3.8) is 0 Å². The number of piperazine rings is 1. The summed E-state index contributed by atoms with van der Waals surface area (Å²) in [6.45, 7) is 2.44. The van der Waals surface area contributed by atoms with Crippen molar-refractivity contribution in [1.82, 2.24) is 4.90 Å². The first-order valence-corrected chi connectivity index (χ1v) is 12.2. The fourth-order valence-electron chi connectivity index (χ4n) is 4.41. The fourth-order valence-corrected chi connectivity index (χ4v) is 6.57. The van der Waals surface area contributed by atoms with Gasteiger partial charge in [0, 0.05) is 23.3 Å². The molecule has 2 heterocycles. The second kappa shape index (κ2) is 8.33. The molecule has 2 atom stereocenters. The molecule has 166 valence electrons. The summed E-state index contributed by atoms with van der Waals surface area (Å²) in [5, 5.41) is 0.551. The van der Waals surface area contributed by atoms with E-state index in [0.29, 0.717) is 28.8 Å². The van der Waals surface area contributed by atoms with Gasteiger partial charge >= 0.3 is 0 Å². The fraction of sp³-hybridized carbons (Fsp3) is 0.409. The number of nitrogens with zero attached hydrogens (tertiary/aromatic N) is 2. The Bertz CT molecular complexity index is 1120. The zero-order valence-electron chi connectivity index (χ0n) is 17.7. The van der Waals surface area contributed by atoms with Gasteiger partial charge in [-0.2, -0.15) is 0 Å². The third kappa shape index (κ3) is 4.24. The number of benzene rings is 2. The number of amides is 1. The molecule has 0 aliphatic carbocycles. The van der Waals surface area contributed by atoms with E-state index in [2.05, 4.69) is 0 Å². The molecule has 1 amide bonds. The quantitative estimate of drug-likeness (QED) is 0.677. The summed E-state index contributed by atoms with van der Waals surface area (Å²) in [7, 11) is -0.138. The Kier molecular flexibility index (Phi) is 5.89. The first kappa shape index (κ1) is 21.9. The van der Waals surface area contributed by atoms with Crippen LogP contribution in [0.5, 0.6) is 11.5 Å². The lowest BCUT2D eigenvalue weighted by Gasteiger charge is -2.43. The van der Waals surface area contributed by atoms with E-state index in [-0.39, 0.29) is 30.0 Å². The molecule has 2 saturated heterocycles. The van der Waals surface area contributed by atoms with Crippen molar-refractivity contribution >= 4 is 33.0 Å². The first-order valence-electron chi connectivity index (χ1n) is 9.96. The molecule has 0 unspecified atom stereocenters. The van der Waals surface area contributed by atoms with Crippen molar-refractivity contribution in [2.75, 3.05) is 37.2 Å². The Morgan fingerprint density at radius 1 is 1.03 bits per heavy atom. The largest absolute Gasteiger partial charge is 0.493 e. The molecule has 2 fully saturated rings. The van der Waals surface area contributed by atoms with Crippen molar-refractivity contribution in [2.24, 2.45) is 0 Å². The average Bonchev–Trinajstić information content (AvgIpc) is 3.05. The zero-order chi connectivity index (χ0) is 22.3. The molecular formula is C22H25ClN2O5S. The van der Waals surface area contributed by atoms with E-state index in [1.807, 2.05) is 42.2 Å². The molecule has 9 heteroatoms. The van der Waals surface area contributed by atoms with Crippen LogP contribution < -0.4 is 14.4 Å². The minimum Gasteiger partial charge on any atom is -0.493 e. The highest BCUT2D eigenvalue weighted by atomic mass is 35.5. The van der Waals surface area contributed by atoms with Crippen molar-refractivity contribution in [1.29, 1.82) is 0 Å². The number of hydrogen-bond acceptors (Lipinski definition) is 6. The van der Waals surface area contributed by atoms with Crippen molar-refractivity contribution in [2.45, 2.75) is 25.6 Å². The number of aryl methyl sites for hydroxylation is 1. The second-order valence-electron chi connectivity index (χ2n) is 8.00. The van der Waals surface area contributed by atoms with Gasteiger partial charge in [-0.3, -0.25) is 9.69 Å². The van der Waals surface area contributed by atoms with Crippen LogP contribution in [0.3, 0.4) is 0 Å². The zero-order valence-corrected chi connectivity index (χ0v) is 19.2. The minimum absolute atomic E-state index is 0.0222. The lowest BCUT2D eigenvalue weighted by Crippen LogP contribution is -2.61. The van der Waals surface area contributed by atoms with Gasteiger partial charge < -0.3 is 14.4 Å². The third-order valence-corrected chi connectivity index (χ3v) is 8.07. The Balaban J connectivity index is 1.65. The van der Waals surface area contributed by atoms with Crippen LogP contribution in [0.1, 0.15) is 11.1 Å². The molecule has 2 aliphatic heterocycles. The van der Waals surface area contributed by atoms with Crippen LogP contribution >= 0.6 is 11.6 Å². The molecule has 0 aromatic heterocycles. The van der Waals surface area contributed by atoms with E-state index in [0.717, 1.165) is 11.1 Å². The summed E-state index contributed by atoms with van der Waals surface area (Å²) in [6, 6.07) is 10.2. The maximum atomic E-state index is 13.2. The minimum atomic E-state index is -3.27. The molecule has 2 aromatic carbocycles. The van der Waals surface area contributed by atoms with Crippen molar-refractivity contribution < 1.29 is 22.7 Å². The lowest BCUT2D eigenvalue weighted by atomic mass is 10.0. The predicted octanol–water partition coefficient (Wildman–Crippen LogP) is 2.68. The lowest BCUT2D eigenvalue weighted by molar-refractivity contribution is -0.123. The highest BCUT2D eigenvalue weighted by molar-refractivity contribution is 7.91. The molecule has 2 aliphatic rings. The molecule has 31 heavy (non-hydrogen) atoms. The van der Waals surface area contributed by atoms with E-state index in [1.54, 1.807) is 25.2 Å². The predicted molar refractivity (Wildman–Crippen MR) is 120 cm³/mol. The molecule has 0 N–H and O–H groups in total. The van der Waals surface area contributed by atoms with Crippen molar-refractivity contribution in [3.8, 4) is 11.5 Å². The summed E-state index contributed by atoms with van der Waals surface area (Å²) in [6.07, 6.45) is 0. The van der Waals surface area contributed by atoms with Gasteiger partial charge in [0.15, 0.2) is 21.3 Å². The van der Waals surface area contributed by atoms with Crippen LogP contribution in [-0.2, 0) is 21.2 Å². The SMILES string of the molecule is COc1ccc(CN2CC(=O)N(c3ccc(C)c(Cl)c3)[C@@H]3CS(=O)(=O)C[C@@H]32)cc1OC. The van der Waals surface area contributed by atoms with Gasteiger partial charge in [-0.25, -0.2) is 8.42 Å². The normalized spacial score (nSPS) is 23.0. The Labute approximate surface area is 187 Å². The highest BCUT2D eigenvalue weighted by Crippen LogP contribution is 2.35. The Hall–Kier alpha value is -2.29. The number of carbonyl (C=O) groups excluding carboxylic acids is 1. The van der Waals surface area contributed by atoms with Gasteiger partial charge in [0.1, 0.15) is 0 Å². The summed E-state index contributed by atoms with van der Waals surface area (Å²) in [5.74, 6) is 1.03. The van der Waals surface area contributed by atoms with Gasteiger partial charge in [-0.1, -0.05) is 23.7 Å². The van der Waals surface area contributed by atoms with E-state index >= 15 is 0 Å². The van der Waals surface area contributed by atoms with Gasteiger partial charge in [-0.15, -0.1) is 0 Å². The molecule has 2 aromatic rings.